The zero-order valence-electron chi connectivity index (χ0n) is 11.6. The van der Waals surface area contributed by atoms with E-state index in [4.69, 9.17) is 0 Å². The van der Waals surface area contributed by atoms with E-state index in [9.17, 15) is 4.79 Å². The van der Waals surface area contributed by atoms with Crippen molar-refractivity contribution < 1.29 is 4.79 Å². The standard InChI is InChI=1S/C17H16N2O/c1-3-6-15-7-4-5-8-16(15)19-17(20)13(2)14-9-11-18-12-10-14/h4-5,7-13H,1-2H3,(H,19,20). The SMILES string of the molecule is CC#Cc1ccccc1NC(=O)C(C)c1ccncc1. The highest BCUT2D eigenvalue weighted by molar-refractivity contribution is 5.96. The molecular formula is C17H16N2O. The number of hydrogen-bond acceptors (Lipinski definition) is 2. The molecule has 3 nitrogen and oxygen atoms in total. The van der Waals surface area contributed by atoms with Gasteiger partial charge in [0, 0.05) is 18.0 Å². The molecule has 0 radical (unpaired) electrons. The van der Waals surface area contributed by atoms with Crippen LogP contribution in [0.1, 0.15) is 30.9 Å². The minimum Gasteiger partial charge on any atom is -0.324 e. The van der Waals surface area contributed by atoms with Crippen LogP contribution >= 0.6 is 0 Å². The molecule has 1 atom stereocenters. The first-order chi connectivity index (χ1) is 9.72. The summed E-state index contributed by atoms with van der Waals surface area (Å²) in [5.41, 5.74) is 2.51. The minimum absolute atomic E-state index is 0.0541. The molecule has 1 amide bonds. The predicted molar refractivity (Wildman–Crippen MR) is 80.3 cm³/mol. The van der Waals surface area contributed by atoms with E-state index in [1.54, 1.807) is 19.3 Å². The fourth-order valence-corrected chi connectivity index (χ4v) is 1.88. The van der Waals surface area contributed by atoms with Gasteiger partial charge in [-0.2, -0.15) is 0 Å². The van der Waals surface area contributed by atoms with E-state index >= 15 is 0 Å². The molecule has 1 unspecified atom stereocenters. The van der Waals surface area contributed by atoms with Gasteiger partial charge in [-0.25, -0.2) is 0 Å². The lowest BCUT2D eigenvalue weighted by molar-refractivity contribution is -0.117. The molecular weight excluding hydrogens is 248 g/mol. The van der Waals surface area contributed by atoms with Crippen LogP contribution in [0.3, 0.4) is 0 Å². The molecule has 20 heavy (non-hydrogen) atoms. The molecule has 0 spiro atoms. The summed E-state index contributed by atoms with van der Waals surface area (Å²) in [5, 5.41) is 2.93. The molecule has 100 valence electrons. The third-order valence-corrected chi connectivity index (χ3v) is 3.04. The number of nitrogens with one attached hydrogen (secondary N) is 1. The summed E-state index contributed by atoms with van der Waals surface area (Å²) >= 11 is 0. The van der Waals surface area contributed by atoms with Crippen LogP contribution in [0, 0.1) is 11.8 Å². The lowest BCUT2D eigenvalue weighted by atomic mass is 10.0. The number of aromatic nitrogens is 1. The molecule has 0 aliphatic carbocycles. The topological polar surface area (TPSA) is 42.0 Å². The van der Waals surface area contributed by atoms with Crippen molar-refractivity contribution in [3.05, 3.63) is 59.9 Å². The number of pyridine rings is 1. The summed E-state index contributed by atoms with van der Waals surface area (Å²) in [6.07, 6.45) is 3.38. The first-order valence-corrected chi connectivity index (χ1v) is 6.45. The average molecular weight is 264 g/mol. The van der Waals surface area contributed by atoms with Crippen molar-refractivity contribution in [3.63, 3.8) is 0 Å². The first kappa shape index (κ1) is 13.8. The summed E-state index contributed by atoms with van der Waals surface area (Å²) in [7, 11) is 0. The van der Waals surface area contributed by atoms with Gasteiger partial charge >= 0.3 is 0 Å². The van der Waals surface area contributed by atoms with Crippen molar-refractivity contribution in [2.45, 2.75) is 19.8 Å². The molecule has 1 heterocycles. The number of nitrogens with zero attached hydrogens (tertiary/aromatic N) is 1. The number of hydrogen-bond donors (Lipinski definition) is 1. The van der Waals surface area contributed by atoms with Crippen LogP contribution in [-0.2, 0) is 4.79 Å². The smallest absolute Gasteiger partial charge is 0.231 e. The molecule has 1 aromatic carbocycles. The average Bonchev–Trinajstić information content (AvgIpc) is 2.49. The molecule has 0 bridgehead atoms. The molecule has 0 fully saturated rings. The normalized spacial score (nSPS) is 11.1. The van der Waals surface area contributed by atoms with E-state index in [2.05, 4.69) is 22.1 Å². The highest BCUT2D eigenvalue weighted by Crippen LogP contribution is 2.19. The van der Waals surface area contributed by atoms with Crippen LogP contribution in [0.2, 0.25) is 0 Å². The number of para-hydroxylation sites is 1. The van der Waals surface area contributed by atoms with Crippen molar-refractivity contribution in [1.29, 1.82) is 0 Å². The Morgan fingerprint density at radius 3 is 2.60 bits per heavy atom. The third-order valence-electron chi connectivity index (χ3n) is 3.04. The van der Waals surface area contributed by atoms with Gasteiger partial charge in [0.15, 0.2) is 0 Å². The summed E-state index contributed by atoms with van der Waals surface area (Å²) in [5.74, 6) is 5.54. The number of carbonyl (C=O) groups excluding carboxylic acids is 1. The highest BCUT2D eigenvalue weighted by atomic mass is 16.1. The van der Waals surface area contributed by atoms with Crippen molar-refractivity contribution in [3.8, 4) is 11.8 Å². The van der Waals surface area contributed by atoms with Crippen LogP contribution < -0.4 is 5.32 Å². The fraction of sp³-hybridized carbons (Fsp3) is 0.176. The second kappa shape index (κ2) is 6.53. The van der Waals surface area contributed by atoms with Crippen LogP contribution in [0.4, 0.5) is 5.69 Å². The van der Waals surface area contributed by atoms with Crippen LogP contribution in [-0.4, -0.2) is 10.9 Å². The molecule has 1 aromatic heterocycles. The van der Waals surface area contributed by atoms with Crippen molar-refractivity contribution >= 4 is 11.6 Å². The van der Waals surface area contributed by atoms with Gasteiger partial charge in [0.25, 0.3) is 0 Å². The lowest BCUT2D eigenvalue weighted by Crippen LogP contribution is -2.19. The summed E-state index contributed by atoms with van der Waals surface area (Å²) in [6, 6.07) is 11.2. The molecule has 0 saturated heterocycles. The van der Waals surface area contributed by atoms with E-state index in [-0.39, 0.29) is 11.8 Å². The Balaban J connectivity index is 2.18. The second-order valence-electron chi connectivity index (χ2n) is 4.41. The Labute approximate surface area is 119 Å². The van der Waals surface area contributed by atoms with Gasteiger partial charge in [0.1, 0.15) is 0 Å². The van der Waals surface area contributed by atoms with E-state index in [1.807, 2.05) is 43.3 Å². The van der Waals surface area contributed by atoms with Gasteiger partial charge < -0.3 is 5.32 Å². The maximum absolute atomic E-state index is 12.3. The summed E-state index contributed by atoms with van der Waals surface area (Å²) in [6.45, 7) is 3.65. The lowest BCUT2D eigenvalue weighted by Gasteiger charge is -2.13. The Morgan fingerprint density at radius 1 is 1.20 bits per heavy atom. The van der Waals surface area contributed by atoms with Crippen molar-refractivity contribution in [2.75, 3.05) is 5.32 Å². The van der Waals surface area contributed by atoms with Gasteiger partial charge in [-0.15, -0.1) is 5.92 Å². The van der Waals surface area contributed by atoms with Crippen LogP contribution in [0.25, 0.3) is 0 Å². The molecule has 0 aliphatic rings. The van der Waals surface area contributed by atoms with E-state index in [0.717, 1.165) is 16.8 Å². The van der Waals surface area contributed by atoms with Gasteiger partial charge in [-0.3, -0.25) is 9.78 Å². The number of carbonyl (C=O) groups is 1. The van der Waals surface area contributed by atoms with E-state index < -0.39 is 0 Å². The Morgan fingerprint density at radius 2 is 1.90 bits per heavy atom. The van der Waals surface area contributed by atoms with E-state index in [1.165, 1.54) is 0 Å². The molecule has 1 N–H and O–H groups in total. The van der Waals surface area contributed by atoms with Crippen LogP contribution in [0.5, 0.6) is 0 Å². The molecule has 0 aliphatic heterocycles. The monoisotopic (exact) mass is 264 g/mol. The maximum atomic E-state index is 12.3. The molecule has 3 heteroatoms. The van der Waals surface area contributed by atoms with Gasteiger partial charge in [0.2, 0.25) is 5.91 Å². The highest BCUT2D eigenvalue weighted by Gasteiger charge is 2.15. The molecule has 2 aromatic rings. The zero-order chi connectivity index (χ0) is 14.4. The number of anilines is 1. The van der Waals surface area contributed by atoms with Gasteiger partial charge in [0.05, 0.1) is 11.6 Å². The number of benzene rings is 1. The third kappa shape index (κ3) is 3.24. The largest absolute Gasteiger partial charge is 0.324 e. The second-order valence-corrected chi connectivity index (χ2v) is 4.41. The van der Waals surface area contributed by atoms with E-state index in [0.29, 0.717) is 0 Å². The van der Waals surface area contributed by atoms with Gasteiger partial charge in [-0.1, -0.05) is 18.1 Å². The van der Waals surface area contributed by atoms with Crippen molar-refractivity contribution in [2.24, 2.45) is 0 Å². The Hall–Kier alpha value is -2.60. The molecule has 0 saturated carbocycles. The first-order valence-electron chi connectivity index (χ1n) is 6.45. The maximum Gasteiger partial charge on any atom is 0.231 e. The van der Waals surface area contributed by atoms with Crippen LogP contribution in [0.15, 0.2) is 48.8 Å². The van der Waals surface area contributed by atoms with Crippen molar-refractivity contribution in [1.82, 2.24) is 4.98 Å². The predicted octanol–water partition coefficient (Wildman–Crippen LogP) is 3.20. The quantitative estimate of drug-likeness (QED) is 0.865. The summed E-state index contributed by atoms with van der Waals surface area (Å²) in [4.78, 5) is 16.2. The van der Waals surface area contributed by atoms with Gasteiger partial charge in [-0.05, 0) is 43.7 Å². The number of rotatable bonds is 3. The minimum atomic E-state index is -0.236. The summed E-state index contributed by atoms with van der Waals surface area (Å²) < 4.78 is 0. The Bertz CT molecular complexity index is 653. The Kier molecular flexibility index (Phi) is 4.52. The number of amides is 1. The zero-order valence-corrected chi connectivity index (χ0v) is 11.6. The molecule has 2 rings (SSSR count). The fourth-order valence-electron chi connectivity index (χ4n) is 1.88.